The van der Waals surface area contributed by atoms with Crippen molar-refractivity contribution in [1.29, 1.82) is 0 Å². The molecule has 0 aliphatic heterocycles. The highest BCUT2D eigenvalue weighted by molar-refractivity contribution is 7.89. The van der Waals surface area contributed by atoms with E-state index in [0.717, 1.165) is 0 Å². The molecule has 0 fully saturated rings. The Balaban J connectivity index is 1.94. The highest BCUT2D eigenvalue weighted by atomic mass is 32.2. The summed E-state index contributed by atoms with van der Waals surface area (Å²) in [7, 11) is -0.757. The van der Waals surface area contributed by atoms with Gasteiger partial charge in [0.2, 0.25) is 15.9 Å². The minimum Gasteiger partial charge on any atom is -0.497 e. The summed E-state index contributed by atoms with van der Waals surface area (Å²) in [5, 5.41) is 3.89. The topological polar surface area (TPSA) is 93.7 Å². The van der Waals surface area contributed by atoms with Gasteiger partial charge in [-0.1, -0.05) is 30.3 Å². The molecule has 0 aliphatic carbocycles. The van der Waals surface area contributed by atoms with Crippen LogP contribution >= 0.6 is 0 Å². The quantitative estimate of drug-likeness (QED) is 0.619. The van der Waals surface area contributed by atoms with Crippen LogP contribution in [0.1, 0.15) is 12.5 Å². The van der Waals surface area contributed by atoms with E-state index in [4.69, 9.17) is 9.47 Å². The fourth-order valence-electron chi connectivity index (χ4n) is 3.06. The summed E-state index contributed by atoms with van der Waals surface area (Å²) >= 11 is 0. The number of anilines is 1. The van der Waals surface area contributed by atoms with E-state index in [0.29, 0.717) is 33.5 Å². The molecule has 0 aromatic heterocycles. The summed E-state index contributed by atoms with van der Waals surface area (Å²) < 4.78 is 39.1. The van der Waals surface area contributed by atoms with Crippen molar-refractivity contribution in [2.45, 2.75) is 18.4 Å². The van der Waals surface area contributed by atoms with E-state index >= 15 is 0 Å². The summed E-state index contributed by atoms with van der Waals surface area (Å²) in [6.07, 6.45) is 0. The second-order valence-corrected chi connectivity index (χ2v) is 8.08. The van der Waals surface area contributed by atoms with E-state index in [-0.39, 0.29) is 17.3 Å². The lowest BCUT2D eigenvalue weighted by Crippen LogP contribution is -2.23. The Labute approximate surface area is 169 Å². The largest absolute Gasteiger partial charge is 0.497 e. The van der Waals surface area contributed by atoms with E-state index in [1.807, 2.05) is 0 Å². The van der Waals surface area contributed by atoms with Crippen LogP contribution in [0.4, 0.5) is 5.69 Å². The molecule has 1 amide bonds. The van der Waals surface area contributed by atoms with Gasteiger partial charge in [-0.25, -0.2) is 13.1 Å². The monoisotopic (exact) mass is 414 g/mol. The number of amides is 1. The number of carbonyl (C=O) groups excluding carboxylic acids is 1. The van der Waals surface area contributed by atoms with Gasteiger partial charge in [0.25, 0.3) is 0 Å². The van der Waals surface area contributed by atoms with Crippen molar-refractivity contribution in [3.63, 3.8) is 0 Å². The van der Waals surface area contributed by atoms with E-state index in [1.54, 1.807) is 55.6 Å². The summed E-state index contributed by atoms with van der Waals surface area (Å²) in [5.41, 5.74) is 1.24. The number of hydrogen-bond acceptors (Lipinski definition) is 5. The number of sulfonamides is 1. The van der Waals surface area contributed by atoms with Crippen LogP contribution in [-0.2, 0) is 21.4 Å². The van der Waals surface area contributed by atoms with Crippen LogP contribution in [-0.4, -0.2) is 28.5 Å². The van der Waals surface area contributed by atoms with Gasteiger partial charge < -0.3 is 14.8 Å². The minimum absolute atomic E-state index is 0.0529. The Morgan fingerprint density at radius 2 is 1.69 bits per heavy atom. The maximum Gasteiger partial charge on any atom is 0.241 e. The smallest absolute Gasteiger partial charge is 0.241 e. The molecule has 0 aliphatic rings. The number of nitrogens with one attached hydrogen (secondary N) is 2. The van der Waals surface area contributed by atoms with Crippen molar-refractivity contribution in [2.24, 2.45) is 0 Å². The summed E-state index contributed by atoms with van der Waals surface area (Å²) in [6, 6.07) is 15.3. The predicted molar refractivity (Wildman–Crippen MR) is 112 cm³/mol. The number of ether oxygens (including phenoxy) is 2. The lowest BCUT2D eigenvalue weighted by atomic mass is 10.1. The van der Waals surface area contributed by atoms with Gasteiger partial charge in [0, 0.05) is 41.6 Å². The average Bonchev–Trinajstić information content (AvgIpc) is 2.71. The van der Waals surface area contributed by atoms with Gasteiger partial charge in [-0.15, -0.1) is 0 Å². The normalized spacial score (nSPS) is 11.3. The molecule has 3 rings (SSSR count). The summed E-state index contributed by atoms with van der Waals surface area (Å²) in [6.45, 7) is 1.46. The molecule has 0 bridgehead atoms. The van der Waals surface area contributed by atoms with Crippen LogP contribution in [0.3, 0.4) is 0 Å². The second-order valence-electron chi connectivity index (χ2n) is 6.34. The molecule has 0 radical (unpaired) electrons. The minimum atomic E-state index is -3.82. The molecule has 2 N–H and O–H groups in total. The first-order valence-corrected chi connectivity index (χ1v) is 10.3. The van der Waals surface area contributed by atoms with Gasteiger partial charge >= 0.3 is 0 Å². The molecule has 3 aromatic rings. The molecule has 0 saturated heterocycles. The van der Waals surface area contributed by atoms with Crippen molar-refractivity contribution >= 4 is 32.4 Å². The molecule has 3 aromatic carbocycles. The fraction of sp³-hybridized carbons (Fsp3) is 0.190. The number of carbonyl (C=O) groups is 1. The Morgan fingerprint density at radius 1 is 0.966 bits per heavy atom. The first-order valence-electron chi connectivity index (χ1n) is 8.85. The molecule has 29 heavy (non-hydrogen) atoms. The zero-order chi connectivity index (χ0) is 21.0. The van der Waals surface area contributed by atoms with Crippen LogP contribution in [0.25, 0.3) is 10.8 Å². The highest BCUT2D eigenvalue weighted by Crippen LogP contribution is 2.29. The molecule has 7 nitrogen and oxygen atoms in total. The lowest BCUT2D eigenvalue weighted by molar-refractivity contribution is -0.114. The molecule has 152 valence electrons. The summed E-state index contributed by atoms with van der Waals surface area (Å²) in [4.78, 5) is 11.6. The summed E-state index contributed by atoms with van der Waals surface area (Å²) in [5.74, 6) is 0.918. The third-order valence-electron chi connectivity index (χ3n) is 4.43. The van der Waals surface area contributed by atoms with Crippen LogP contribution in [0.5, 0.6) is 11.5 Å². The zero-order valence-corrected chi connectivity index (χ0v) is 17.2. The SMILES string of the molecule is COc1ccc(CNS(=O)(=O)c2cccc3c(NC(C)=O)cccc23)c(OC)c1. The number of benzene rings is 3. The van der Waals surface area contributed by atoms with Crippen molar-refractivity contribution in [2.75, 3.05) is 19.5 Å². The van der Waals surface area contributed by atoms with Gasteiger partial charge in [-0.05, 0) is 18.2 Å². The highest BCUT2D eigenvalue weighted by Gasteiger charge is 2.19. The first kappa shape index (κ1) is 20.6. The van der Waals surface area contributed by atoms with E-state index in [1.165, 1.54) is 20.1 Å². The van der Waals surface area contributed by atoms with Crippen molar-refractivity contribution < 1.29 is 22.7 Å². The Bertz CT molecular complexity index is 1160. The first-order chi connectivity index (χ1) is 13.9. The molecule has 8 heteroatoms. The van der Waals surface area contributed by atoms with Crippen molar-refractivity contribution in [3.05, 3.63) is 60.2 Å². The van der Waals surface area contributed by atoms with Gasteiger partial charge in [0.05, 0.1) is 19.1 Å². The van der Waals surface area contributed by atoms with E-state index in [9.17, 15) is 13.2 Å². The van der Waals surface area contributed by atoms with Crippen LogP contribution in [0.15, 0.2) is 59.5 Å². The van der Waals surface area contributed by atoms with E-state index in [2.05, 4.69) is 10.0 Å². The molecule has 0 unspecified atom stereocenters. The predicted octanol–water partition coefficient (Wildman–Crippen LogP) is 3.29. The van der Waals surface area contributed by atoms with Crippen molar-refractivity contribution in [3.8, 4) is 11.5 Å². The maximum atomic E-state index is 13.0. The number of hydrogen-bond donors (Lipinski definition) is 2. The van der Waals surface area contributed by atoms with Crippen LogP contribution in [0, 0.1) is 0 Å². The second kappa shape index (κ2) is 8.50. The zero-order valence-electron chi connectivity index (χ0n) is 16.4. The fourth-order valence-corrected chi connectivity index (χ4v) is 4.29. The number of methoxy groups -OCH3 is 2. The lowest BCUT2D eigenvalue weighted by Gasteiger charge is -2.14. The molecule has 0 heterocycles. The number of rotatable bonds is 7. The molecule has 0 saturated carbocycles. The van der Waals surface area contributed by atoms with Crippen molar-refractivity contribution in [1.82, 2.24) is 4.72 Å². The van der Waals surface area contributed by atoms with Gasteiger partial charge in [0.1, 0.15) is 11.5 Å². The Hall–Kier alpha value is -3.10. The Morgan fingerprint density at radius 3 is 2.38 bits per heavy atom. The number of fused-ring (bicyclic) bond motifs is 1. The van der Waals surface area contributed by atoms with E-state index < -0.39 is 10.0 Å². The third kappa shape index (κ3) is 4.49. The molecule has 0 atom stereocenters. The molecule has 0 spiro atoms. The molecular weight excluding hydrogens is 392 g/mol. The standard InChI is InChI=1S/C21H22N2O5S/c1-14(24)23-19-8-4-7-18-17(19)6-5-9-21(18)29(25,26)22-13-15-10-11-16(27-2)12-20(15)28-3/h4-12,22H,13H2,1-3H3,(H,23,24). The van der Waals surface area contributed by atoms with Crippen LogP contribution < -0.4 is 19.5 Å². The van der Waals surface area contributed by atoms with Gasteiger partial charge in [-0.2, -0.15) is 0 Å². The van der Waals surface area contributed by atoms with Gasteiger partial charge in [0.15, 0.2) is 0 Å². The average molecular weight is 414 g/mol. The Kier molecular flexibility index (Phi) is 6.05. The molecular formula is C21H22N2O5S. The van der Waals surface area contributed by atoms with Gasteiger partial charge in [-0.3, -0.25) is 4.79 Å². The maximum absolute atomic E-state index is 13.0. The van der Waals surface area contributed by atoms with Crippen LogP contribution in [0.2, 0.25) is 0 Å². The third-order valence-corrected chi connectivity index (χ3v) is 5.89.